The SMILES string of the molecule is COc1cc([C@@H]2c3cc(O)c(OC)cc3C[C@](O)(CO)[C@H]2CO[C@@H]2O[C@@H](CO)[C@H](O)[C@@H](O)[C@@H]2O)ccc1O. The van der Waals surface area contributed by atoms with Gasteiger partial charge in [-0.1, -0.05) is 6.07 Å². The van der Waals surface area contributed by atoms with E-state index in [1.54, 1.807) is 18.2 Å². The van der Waals surface area contributed by atoms with Gasteiger partial charge in [0, 0.05) is 18.3 Å². The third kappa shape index (κ3) is 5.01. The molecular weight excluding hydrogens is 504 g/mol. The lowest BCUT2D eigenvalue weighted by Crippen LogP contribution is -2.60. The van der Waals surface area contributed by atoms with E-state index in [-0.39, 0.29) is 36.0 Å². The van der Waals surface area contributed by atoms with Gasteiger partial charge in [0.1, 0.15) is 24.4 Å². The number of hydrogen-bond donors (Lipinski definition) is 8. The van der Waals surface area contributed by atoms with Crippen LogP contribution in [0.3, 0.4) is 0 Å². The first-order chi connectivity index (χ1) is 18.1. The van der Waals surface area contributed by atoms with Crippen molar-refractivity contribution in [2.75, 3.05) is 34.0 Å². The van der Waals surface area contributed by atoms with Crippen LogP contribution in [-0.2, 0) is 15.9 Å². The molecule has 210 valence electrons. The lowest BCUT2D eigenvalue weighted by Gasteiger charge is -2.46. The molecule has 0 aromatic heterocycles. The number of hydrogen-bond acceptors (Lipinski definition) is 12. The maximum atomic E-state index is 11.7. The van der Waals surface area contributed by atoms with E-state index < -0.39 is 61.4 Å². The van der Waals surface area contributed by atoms with Gasteiger partial charge in [0.2, 0.25) is 0 Å². The molecule has 0 amide bonds. The highest BCUT2D eigenvalue weighted by molar-refractivity contribution is 5.54. The summed E-state index contributed by atoms with van der Waals surface area (Å²) in [7, 11) is 2.77. The molecule has 0 saturated carbocycles. The molecule has 12 heteroatoms. The lowest BCUT2D eigenvalue weighted by molar-refractivity contribution is -0.306. The summed E-state index contributed by atoms with van der Waals surface area (Å²) in [6, 6.07) is 7.66. The molecule has 38 heavy (non-hydrogen) atoms. The molecule has 0 spiro atoms. The molecule has 2 aromatic carbocycles. The number of phenols is 2. The molecule has 0 radical (unpaired) electrons. The van der Waals surface area contributed by atoms with Crippen molar-refractivity contribution in [3.05, 3.63) is 47.0 Å². The van der Waals surface area contributed by atoms with Crippen molar-refractivity contribution in [3.8, 4) is 23.0 Å². The zero-order valence-corrected chi connectivity index (χ0v) is 21.0. The summed E-state index contributed by atoms with van der Waals surface area (Å²) in [5, 5.41) is 82.9. The largest absolute Gasteiger partial charge is 0.504 e. The Hall–Kier alpha value is -2.68. The normalized spacial score (nSPS) is 33.0. The molecule has 4 rings (SSSR count). The van der Waals surface area contributed by atoms with Crippen molar-refractivity contribution in [2.24, 2.45) is 5.92 Å². The molecule has 0 unspecified atom stereocenters. The molecule has 8 N–H and O–H groups in total. The fourth-order valence-corrected chi connectivity index (χ4v) is 5.35. The van der Waals surface area contributed by atoms with Crippen molar-refractivity contribution in [2.45, 2.75) is 48.6 Å². The van der Waals surface area contributed by atoms with Crippen molar-refractivity contribution in [1.29, 1.82) is 0 Å². The van der Waals surface area contributed by atoms with E-state index in [4.69, 9.17) is 18.9 Å². The van der Waals surface area contributed by atoms with Gasteiger partial charge in [-0.15, -0.1) is 0 Å². The van der Waals surface area contributed by atoms with Gasteiger partial charge in [0.05, 0.1) is 39.6 Å². The van der Waals surface area contributed by atoms with Gasteiger partial charge in [0.25, 0.3) is 0 Å². The van der Waals surface area contributed by atoms with Crippen molar-refractivity contribution < 1.29 is 59.8 Å². The Bertz CT molecular complexity index is 1120. The van der Waals surface area contributed by atoms with Gasteiger partial charge in [-0.25, -0.2) is 0 Å². The lowest BCUT2D eigenvalue weighted by atomic mass is 9.64. The van der Waals surface area contributed by atoms with E-state index in [2.05, 4.69) is 0 Å². The quantitative estimate of drug-likeness (QED) is 0.203. The van der Waals surface area contributed by atoms with Gasteiger partial charge >= 0.3 is 0 Å². The number of aromatic hydroxyl groups is 2. The molecule has 1 aliphatic carbocycles. The predicted molar refractivity (Wildman–Crippen MR) is 130 cm³/mol. The minimum Gasteiger partial charge on any atom is -0.504 e. The number of ether oxygens (including phenoxy) is 4. The second kappa shape index (κ2) is 11.2. The van der Waals surface area contributed by atoms with Crippen LogP contribution in [0.1, 0.15) is 22.6 Å². The van der Waals surface area contributed by atoms with Gasteiger partial charge < -0.3 is 59.8 Å². The maximum Gasteiger partial charge on any atom is 0.186 e. The van der Waals surface area contributed by atoms with Crippen LogP contribution in [0.5, 0.6) is 23.0 Å². The van der Waals surface area contributed by atoms with Crippen LogP contribution in [0.4, 0.5) is 0 Å². The van der Waals surface area contributed by atoms with Gasteiger partial charge in [0.15, 0.2) is 29.3 Å². The topological polar surface area (TPSA) is 199 Å². The molecule has 12 nitrogen and oxygen atoms in total. The summed E-state index contributed by atoms with van der Waals surface area (Å²) in [5.74, 6) is -1.56. The number of phenolic OH excluding ortho intramolecular Hbond substituents is 2. The second-order valence-electron chi connectivity index (χ2n) is 9.71. The fourth-order valence-electron chi connectivity index (χ4n) is 5.35. The van der Waals surface area contributed by atoms with E-state index in [0.717, 1.165) is 0 Å². The highest BCUT2D eigenvalue weighted by Gasteiger charge is 2.50. The Labute approximate surface area is 218 Å². The number of aliphatic hydroxyl groups is 6. The molecule has 2 aliphatic rings. The summed E-state index contributed by atoms with van der Waals surface area (Å²) < 4.78 is 21.8. The minimum absolute atomic E-state index is 0.0378. The summed E-state index contributed by atoms with van der Waals surface area (Å²) in [4.78, 5) is 0. The summed E-state index contributed by atoms with van der Waals surface area (Å²) >= 11 is 0. The molecule has 1 heterocycles. The summed E-state index contributed by atoms with van der Waals surface area (Å²) in [6.45, 7) is -1.64. The van der Waals surface area contributed by atoms with Crippen LogP contribution in [0.2, 0.25) is 0 Å². The smallest absolute Gasteiger partial charge is 0.186 e. The predicted octanol–water partition coefficient (Wildman–Crippen LogP) is -1.04. The van der Waals surface area contributed by atoms with Crippen LogP contribution in [0, 0.1) is 5.92 Å². The van der Waals surface area contributed by atoms with Crippen molar-refractivity contribution in [3.63, 3.8) is 0 Å². The molecule has 1 aliphatic heterocycles. The standard InChI is InChI=1S/C26H34O12/c1-35-18-5-12(3-4-16(18)29)21-14-7-17(30)19(36-2)6-13(14)8-26(34,11-28)15(21)10-37-25-24(33)23(32)22(31)20(9-27)38-25/h3-7,15,20-25,27-34H,8-11H2,1-2H3/t15-,20-,21+,22-,23+,24-,25+,26-/m0/s1. The fraction of sp³-hybridized carbons (Fsp3) is 0.538. The minimum atomic E-state index is -1.76. The molecule has 1 saturated heterocycles. The van der Waals surface area contributed by atoms with Crippen LogP contribution in [-0.4, -0.2) is 111 Å². The van der Waals surface area contributed by atoms with E-state index in [1.165, 1.54) is 26.4 Å². The number of benzene rings is 2. The van der Waals surface area contributed by atoms with Crippen LogP contribution in [0.15, 0.2) is 30.3 Å². The van der Waals surface area contributed by atoms with E-state index >= 15 is 0 Å². The Morgan fingerprint density at radius 3 is 2.24 bits per heavy atom. The molecule has 0 bridgehead atoms. The van der Waals surface area contributed by atoms with Gasteiger partial charge in [-0.05, 0) is 41.0 Å². The zero-order chi connectivity index (χ0) is 27.8. The number of rotatable bonds is 8. The Morgan fingerprint density at radius 2 is 1.61 bits per heavy atom. The van der Waals surface area contributed by atoms with Crippen molar-refractivity contribution >= 4 is 0 Å². The molecule has 8 atom stereocenters. The molecular formula is C26H34O12. The Balaban J connectivity index is 1.77. The number of methoxy groups -OCH3 is 2. The average molecular weight is 539 g/mol. The Morgan fingerprint density at radius 1 is 0.921 bits per heavy atom. The number of aliphatic hydroxyl groups excluding tert-OH is 5. The highest BCUT2D eigenvalue weighted by Crippen LogP contribution is 2.49. The van der Waals surface area contributed by atoms with Crippen LogP contribution in [0.25, 0.3) is 0 Å². The average Bonchev–Trinajstić information content (AvgIpc) is 2.91. The van der Waals surface area contributed by atoms with E-state index in [0.29, 0.717) is 16.7 Å². The van der Waals surface area contributed by atoms with Crippen LogP contribution >= 0.6 is 0 Å². The Kier molecular flexibility index (Phi) is 8.35. The first-order valence-electron chi connectivity index (χ1n) is 12.1. The maximum absolute atomic E-state index is 11.7. The monoisotopic (exact) mass is 538 g/mol. The third-order valence-corrected chi connectivity index (χ3v) is 7.49. The highest BCUT2D eigenvalue weighted by atomic mass is 16.7. The number of fused-ring (bicyclic) bond motifs is 1. The van der Waals surface area contributed by atoms with Crippen LogP contribution < -0.4 is 9.47 Å². The van der Waals surface area contributed by atoms with E-state index in [1.807, 2.05) is 0 Å². The first-order valence-corrected chi connectivity index (χ1v) is 12.1. The summed E-state index contributed by atoms with van der Waals surface area (Å²) in [5.41, 5.74) is -0.0211. The van der Waals surface area contributed by atoms with E-state index in [9.17, 15) is 40.9 Å². The molecule has 1 fully saturated rings. The first kappa shape index (κ1) is 28.3. The van der Waals surface area contributed by atoms with Gasteiger partial charge in [-0.3, -0.25) is 0 Å². The van der Waals surface area contributed by atoms with Gasteiger partial charge in [-0.2, -0.15) is 0 Å². The molecule has 2 aromatic rings. The van der Waals surface area contributed by atoms with Crippen molar-refractivity contribution in [1.82, 2.24) is 0 Å². The third-order valence-electron chi connectivity index (χ3n) is 7.49. The second-order valence-corrected chi connectivity index (χ2v) is 9.71. The summed E-state index contributed by atoms with van der Waals surface area (Å²) in [6.07, 6.45) is -7.58. The zero-order valence-electron chi connectivity index (χ0n) is 21.0.